The molecule has 2 aromatic rings. The SMILES string of the molecule is CC(C)c1nn(CC(=O)NC2CC(C)(O)C2)c(=O)c2ccc(N(C)C)cc12. The van der Waals surface area contributed by atoms with Gasteiger partial charge in [-0.1, -0.05) is 13.8 Å². The highest BCUT2D eigenvalue weighted by Crippen LogP contribution is 2.31. The Balaban J connectivity index is 1.92. The summed E-state index contributed by atoms with van der Waals surface area (Å²) in [6.45, 7) is 5.68. The first-order valence-corrected chi connectivity index (χ1v) is 9.31. The number of nitrogens with zero attached hydrogens (tertiary/aromatic N) is 3. The Morgan fingerprint density at radius 3 is 2.59 bits per heavy atom. The molecule has 146 valence electrons. The van der Waals surface area contributed by atoms with Crippen molar-refractivity contribution in [1.82, 2.24) is 15.1 Å². The fourth-order valence-electron chi connectivity index (χ4n) is 3.62. The molecule has 1 aliphatic rings. The summed E-state index contributed by atoms with van der Waals surface area (Å²) in [6.07, 6.45) is 1.06. The highest BCUT2D eigenvalue weighted by Gasteiger charge is 2.39. The number of fused-ring (bicyclic) bond motifs is 1. The van der Waals surface area contributed by atoms with E-state index in [0.29, 0.717) is 18.2 Å². The van der Waals surface area contributed by atoms with Crippen LogP contribution in [0.2, 0.25) is 0 Å². The number of aromatic nitrogens is 2. The van der Waals surface area contributed by atoms with Gasteiger partial charge in [-0.05, 0) is 43.9 Å². The van der Waals surface area contributed by atoms with Crippen LogP contribution in [0.1, 0.15) is 45.2 Å². The molecule has 0 atom stereocenters. The van der Waals surface area contributed by atoms with Crippen molar-refractivity contribution in [1.29, 1.82) is 0 Å². The summed E-state index contributed by atoms with van der Waals surface area (Å²) in [5, 5.41) is 18.5. The maximum absolute atomic E-state index is 12.9. The summed E-state index contributed by atoms with van der Waals surface area (Å²) in [7, 11) is 3.90. The molecule has 1 saturated carbocycles. The van der Waals surface area contributed by atoms with Crippen molar-refractivity contribution in [2.75, 3.05) is 19.0 Å². The molecule has 1 heterocycles. The van der Waals surface area contributed by atoms with Gasteiger partial charge in [-0.15, -0.1) is 0 Å². The maximum Gasteiger partial charge on any atom is 0.275 e. The van der Waals surface area contributed by atoms with Crippen LogP contribution >= 0.6 is 0 Å². The average Bonchev–Trinajstić information content (AvgIpc) is 2.54. The van der Waals surface area contributed by atoms with E-state index < -0.39 is 5.60 Å². The first-order chi connectivity index (χ1) is 12.6. The van der Waals surface area contributed by atoms with Gasteiger partial charge in [-0.3, -0.25) is 9.59 Å². The zero-order valence-corrected chi connectivity index (χ0v) is 16.6. The van der Waals surface area contributed by atoms with Crippen LogP contribution < -0.4 is 15.8 Å². The number of hydrogen-bond acceptors (Lipinski definition) is 5. The third-order valence-corrected chi connectivity index (χ3v) is 5.07. The van der Waals surface area contributed by atoms with Crippen LogP contribution in [0.3, 0.4) is 0 Å². The molecule has 1 aromatic carbocycles. The largest absolute Gasteiger partial charge is 0.390 e. The lowest BCUT2D eigenvalue weighted by atomic mass is 9.77. The van der Waals surface area contributed by atoms with Crippen molar-refractivity contribution < 1.29 is 9.90 Å². The molecule has 7 heteroatoms. The zero-order valence-electron chi connectivity index (χ0n) is 16.6. The van der Waals surface area contributed by atoms with E-state index in [1.807, 2.05) is 45.0 Å². The molecule has 0 bridgehead atoms. The van der Waals surface area contributed by atoms with Crippen molar-refractivity contribution in [3.63, 3.8) is 0 Å². The Kier molecular flexibility index (Phi) is 4.99. The second-order valence-corrected chi connectivity index (χ2v) is 8.30. The summed E-state index contributed by atoms with van der Waals surface area (Å²) in [5.41, 5.74) is 0.826. The van der Waals surface area contributed by atoms with Gasteiger partial charge >= 0.3 is 0 Å². The third-order valence-electron chi connectivity index (χ3n) is 5.07. The lowest BCUT2D eigenvalue weighted by Crippen LogP contribution is -2.54. The highest BCUT2D eigenvalue weighted by atomic mass is 16.3. The lowest BCUT2D eigenvalue weighted by molar-refractivity contribution is -0.125. The summed E-state index contributed by atoms with van der Waals surface area (Å²) in [6, 6.07) is 5.63. The van der Waals surface area contributed by atoms with Gasteiger partial charge in [0, 0.05) is 31.2 Å². The number of carbonyl (C=O) groups is 1. The molecule has 3 rings (SSSR count). The van der Waals surface area contributed by atoms with E-state index in [1.165, 1.54) is 4.68 Å². The molecule has 2 N–H and O–H groups in total. The minimum Gasteiger partial charge on any atom is -0.390 e. The predicted octanol–water partition coefficient (Wildman–Crippen LogP) is 1.62. The summed E-state index contributed by atoms with van der Waals surface area (Å²) >= 11 is 0. The number of aliphatic hydroxyl groups is 1. The molecule has 0 aliphatic heterocycles. The van der Waals surface area contributed by atoms with Gasteiger partial charge in [-0.25, -0.2) is 4.68 Å². The van der Waals surface area contributed by atoms with E-state index in [0.717, 1.165) is 16.8 Å². The smallest absolute Gasteiger partial charge is 0.275 e. The van der Waals surface area contributed by atoms with Crippen molar-refractivity contribution in [2.24, 2.45) is 0 Å². The number of nitrogens with one attached hydrogen (secondary N) is 1. The Labute approximate surface area is 159 Å². The van der Waals surface area contributed by atoms with E-state index in [4.69, 9.17) is 0 Å². The van der Waals surface area contributed by atoms with Crippen molar-refractivity contribution in [3.05, 3.63) is 34.2 Å². The minimum absolute atomic E-state index is 0.0455. The van der Waals surface area contributed by atoms with Gasteiger partial charge in [-0.2, -0.15) is 5.10 Å². The van der Waals surface area contributed by atoms with Gasteiger partial charge in [0.15, 0.2) is 0 Å². The van der Waals surface area contributed by atoms with Crippen molar-refractivity contribution in [3.8, 4) is 0 Å². The number of anilines is 1. The maximum atomic E-state index is 12.9. The van der Waals surface area contributed by atoms with E-state index in [1.54, 1.807) is 13.0 Å². The lowest BCUT2D eigenvalue weighted by Gasteiger charge is -2.41. The number of amides is 1. The van der Waals surface area contributed by atoms with E-state index in [2.05, 4.69) is 10.4 Å². The van der Waals surface area contributed by atoms with Crippen LogP contribution in [0.25, 0.3) is 10.8 Å². The minimum atomic E-state index is -0.703. The summed E-state index contributed by atoms with van der Waals surface area (Å²) in [4.78, 5) is 27.2. The highest BCUT2D eigenvalue weighted by molar-refractivity contribution is 5.87. The number of rotatable bonds is 5. The predicted molar refractivity (Wildman–Crippen MR) is 106 cm³/mol. The Bertz CT molecular complexity index is 923. The topological polar surface area (TPSA) is 87.5 Å². The molecular weight excluding hydrogens is 344 g/mol. The standard InChI is InChI=1S/C20H28N4O3/c1-12(2)18-16-8-14(23(4)5)6-7-15(16)19(26)24(22-18)11-17(25)21-13-9-20(3,27)10-13/h6-8,12-13,27H,9-11H2,1-5H3,(H,21,25). The number of hydrogen-bond donors (Lipinski definition) is 2. The second kappa shape index (κ2) is 6.96. The first-order valence-electron chi connectivity index (χ1n) is 9.31. The molecule has 0 saturated heterocycles. The Morgan fingerprint density at radius 2 is 2.04 bits per heavy atom. The fraction of sp³-hybridized carbons (Fsp3) is 0.550. The molecule has 0 radical (unpaired) electrons. The molecule has 0 unspecified atom stereocenters. The number of benzene rings is 1. The molecule has 1 amide bonds. The van der Waals surface area contributed by atoms with Crippen LogP contribution in [0.5, 0.6) is 0 Å². The van der Waals surface area contributed by atoms with Crippen LogP contribution in [-0.4, -0.2) is 46.5 Å². The van der Waals surface area contributed by atoms with E-state index in [9.17, 15) is 14.7 Å². The zero-order chi connectivity index (χ0) is 19.9. The molecule has 0 spiro atoms. The van der Waals surface area contributed by atoms with E-state index >= 15 is 0 Å². The van der Waals surface area contributed by atoms with Crippen molar-refractivity contribution >= 4 is 22.4 Å². The Hall–Kier alpha value is -2.41. The van der Waals surface area contributed by atoms with Gasteiger partial charge in [0.05, 0.1) is 16.7 Å². The molecule has 1 aromatic heterocycles. The third kappa shape index (κ3) is 3.98. The summed E-state index contributed by atoms with van der Waals surface area (Å²) < 4.78 is 1.25. The van der Waals surface area contributed by atoms with Crippen LogP contribution in [0.4, 0.5) is 5.69 Å². The van der Waals surface area contributed by atoms with Crippen molar-refractivity contribution in [2.45, 2.75) is 57.7 Å². The molecule has 7 nitrogen and oxygen atoms in total. The summed E-state index contributed by atoms with van der Waals surface area (Å²) in [5.74, 6) is -0.148. The van der Waals surface area contributed by atoms with Gasteiger partial charge in [0.1, 0.15) is 6.54 Å². The van der Waals surface area contributed by atoms with Gasteiger partial charge in [0.25, 0.3) is 5.56 Å². The van der Waals surface area contributed by atoms with Gasteiger partial charge in [0.2, 0.25) is 5.91 Å². The quantitative estimate of drug-likeness (QED) is 0.833. The van der Waals surface area contributed by atoms with E-state index in [-0.39, 0.29) is 30.0 Å². The normalized spacial score (nSPS) is 22.0. The first kappa shape index (κ1) is 19.4. The monoisotopic (exact) mass is 372 g/mol. The Morgan fingerprint density at radius 1 is 1.37 bits per heavy atom. The average molecular weight is 372 g/mol. The van der Waals surface area contributed by atoms with Crippen LogP contribution in [0, 0.1) is 0 Å². The molecular formula is C20H28N4O3. The van der Waals surface area contributed by atoms with Crippen LogP contribution in [0.15, 0.2) is 23.0 Å². The fourth-order valence-corrected chi connectivity index (χ4v) is 3.62. The van der Waals surface area contributed by atoms with Gasteiger partial charge < -0.3 is 15.3 Å². The molecule has 1 fully saturated rings. The second-order valence-electron chi connectivity index (χ2n) is 8.30. The molecule has 27 heavy (non-hydrogen) atoms. The molecule has 1 aliphatic carbocycles. The number of carbonyl (C=O) groups excluding carboxylic acids is 1. The van der Waals surface area contributed by atoms with Crippen LogP contribution in [-0.2, 0) is 11.3 Å².